The number of nitrogens with zero attached hydrogens (tertiary/aromatic N) is 1. The van der Waals surface area contributed by atoms with E-state index in [4.69, 9.17) is 4.42 Å². The van der Waals surface area contributed by atoms with Gasteiger partial charge < -0.3 is 9.32 Å². The van der Waals surface area contributed by atoms with Crippen molar-refractivity contribution in [3.05, 3.63) is 140 Å². The molecule has 1 heterocycles. The lowest BCUT2D eigenvalue weighted by Crippen LogP contribution is -2.11. The van der Waals surface area contributed by atoms with Crippen LogP contribution < -0.4 is 4.90 Å². The average Bonchev–Trinajstić information content (AvgIpc) is 3.31. The second-order valence-corrected chi connectivity index (χ2v) is 9.00. The summed E-state index contributed by atoms with van der Waals surface area (Å²) in [7, 11) is 0. The lowest BCUT2D eigenvalue weighted by atomic mass is 9.95. The van der Waals surface area contributed by atoms with Gasteiger partial charge in [0.1, 0.15) is 11.2 Å². The maximum absolute atomic E-state index is 6.45. The first-order chi connectivity index (χ1) is 17.9. The van der Waals surface area contributed by atoms with E-state index in [9.17, 15) is 0 Å². The van der Waals surface area contributed by atoms with Gasteiger partial charge in [-0.25, -0.2) is 0 Å². The van der Waals surface area contributed by atoms with Gasteiger partial charge in [-0.15, -0.1) is 0 Å². The van der Waals surface area contributed by atoms with Crippen LogP contribution in [0.3, 0.4) is 0 Å². The van der Waals surface area contributed by atoms with Crippen LogP contribution in [0.5, 0.6) is 0 Å². The summed E-state index contributed by atoms with van der Waals surface area (Å²) in [5.74, 6) is 0. The molecule has 0 bridgehead atoms. The van der Waals surface area contributed by atoms with Crippen molar-refractivity contribution in [2.45, 2.75) is 0 Å². The predicted octanol–water partition coefficient (Wildman–Crippen LogP) is 9.88. The van der Waals surface area contributed by atoms with Gasteiger partial charge in [0.15, 0.2) is 0 Å². The molecule has 7 rings (SSSR count). The van der Waals surface area contributed by atoms with Gasteiger partial charge in [-0.05, 0) is 64.9 Å². The van der Waals surface area contributed by atoms with E-state index in [1.165, 1.54) is 10.8 Å². The van der Waals surface area contributed by atoms with Crippen LogP contribution >= 0.6 is 0 Å². The van der Waals surface area contributed by atoms with Crippen molar-refractivity contribution in [1.82, 2.24) is 0 Å². The number of hydrogen-bond acceptors (Lipinski definition) is 2. The van der Waals surface area contributed by atoms with E-state index >= 15 is 0 Å². The Morgan fingerprint density at radius 3 is 1.67 bits per heavy atom. The van der Waals surface area contributed by atoms with Crippen LogP contribution in [0, 0.1) is 0 Å². The maximum Gasteiger partial charge on any atom is 0.136 e. The van der Waals surface area contributed by atoms with Crippen LogP contribution in [0.15, 0.2) is 144 Å². The third-order valence-corrected chi connectivity index (χ3v) is 6.81. The number of rotatable bonds is 4. The molecule has 0 N–H and O–H groups in total. The SMILES string of the molecule is c1ccc(-c2c(N(c3ccccc3)c3ccccc3)ccc3oc4cc5ccccc5cc4c23)cc1. The molecule has 1 aromatic heterocycles. The van der Waals surface area contributed by atoms with Gasteiger partial charge in [0.05, 0.1) is 5.69 Å². The molecule has 0 radical (unpaired) electrons. The van der Waals surface area contributed by atoms with Crippen LogP contribution in [0.25, 0.3) is 43.8 Å². The second-order valence-electron chi connectivity index (χ2n) is 9.00. The van der Waals surface area contributed by atoms with Crippen molar-refractivity contribution in [3.63, 3.8) is 0 Å². The Morgan fingerprint density at radius 1 is 0.472 bits per heavy atom. The summed E-state index contributed by atoms with van der Waals surface area (Å²) in [6, 6.07) is 48.9. The van der Waals surface area contributed by atoms with Crippen LogP contribution in [0.1, 0.15) is 0 Å². The summed E-state index contributed by atoms with van der Waals surface area (Å²) in [4.78, 5) is 2.33. The first kappa shape index (κ1) is 20.5. The van der Waals surface area contributed by atoms with Crippen molar-refractivity contribution < 1.29 is 4.42 Å². The largest absolute Gasteiger partial charge is 0.456 e. The molecule has 0 spiro atoms. The zero-order valence-electron chi connectivity index (χ0n) is 19.6. The molecule has 0 aliphatic carbocycles. The molecule has 2 nitrogen and oxygen atoms in total. The van der Waals surface area contributed by atoms with Crippen LogP contribution in [-0.4, -0.2) is 0 Å². The van der Waals surface area contributed by atoms with E-state index < -0.39 is 0 Å². The normalized spacial score (nSPS) is 11.3. The fourth-order valence-corrected chi connectivity index (χ4v) is 5.21. The minimum absolute atomic E-state index is 0.893. The fourth-order valence-electron chi connectivity index (χ4n) is 5.21. The summed E-state index contributed by atoms with van der Waals surface area (Å²) in [6.07, 6.45) is 0. The molecule has 0 amide bonds. The highest BCUT2D eigenvalue weighted by Gasteiger charge is 2.22. The zero-order chi connectivity index (χ0) is 23.9. The Kier molecular flexibility index (Phi) is 4.82. The summed E-state index contributed by atoms with van der Waals surface area (Å²) in [5, 5.41) is 4.66. The lowest BCUT2D eigenvalue weighted by Gasteiger charge is -2.28. The summed E-state index contributed by atoms with van der Waals surface area (Å²) in [5.41, 5.74) is 7.45. The summed E-state index contributed by atoms with van der Waals surface area (Å²) < 4.78 is 6.45. The molecule has 0 aliphatic rings. The van der Waals surface area contributed by atoms with Crippen LogP contribution in [-0.2, 0) is 0 Å². The van der Waals surface area contributed by atoms with Crippen molar-refractivity contribution in [1.29, 1.82) is 0 Å². The Labute approximate surface area is 209 Å². The number of para-hydroxylation sites is 2. The van der Waals surface area contributed by atoms with Crippen molar-refractivity contribution in [2.75, 3.05) is 4.90 Å². The fraction of sp³-hybridized carbons (Fsp3) is 0. The van der Waals surface area contributed by atoms with Gasteiger partial charge >= 0.3 is 0 Å². The number of furan rings is 1. The number of anilines is 3. The van der Waals surface area contributed by atoms with Crippen molar-refractivity contribution in [3.8, 4) is 11.1 Å². The minimum atomic E-state index is 0.893. The number of fused-ring (bicyclic) bond motifs is 4. The zero-order valence-corrected chi connectivity index (χ0v) is 19.6. The molecule has 0 fully saturated rings. The Hall–Kier alpha value is -4.82. The Morgan fingerprint density at radius 2 is 1.03 bits per heavy atom. The molecule has 0 unspecified atom stereocenters. The smallest absolute Gasteiger partial charge is 0.136 e. The first-order valence-electron chi connectivity index (χ1n) is 12.2. The summed E-state index contributed by atoms with van der Waals surface area (Å²) >= 11 is 0. The van der Waals surface area contributed by atoms with E-state index in [0.29, 0.717) is 0 Å². The molecule has 7 aromatic rings. The highest BCUT2D eigenvalue weighted by molar-refractivity contribution is 6.18. The molecule has 0 aliphatic heterocycles. The van der Waals surface area contributed by atoms with Gasteiger partial charge in [0.2, 0.25) is 0 Å². The highest BCUT2D eigenvalue weighted by Crippen LogP contribution is 2.47. The van der Waals surface area contributed by atoms with E-state index in [-0.39, 0.29) is 0 Å². The molecule has 2 heteroatoms. The predicted molar refractivity (Wildman–Crippen MR) is 151 cm³/mol. The maximum atomic E-state index is 6.45. The average molecular weight is 462 g/mol. The van der Waals surface area contributed by atoms with Crippen molar-refractivity contribution >= 4 is 49.8 Å². The van der Waals surface area contributed by atoms with Gasteiger partial charge in [-0.2, -0.15) is 0 Å². The molecule has 170 valence electrons. The quantitative estimate of drug-likeness (QED) is 0.259. The van der Waals surface area contributed by atoms with E-state index in [1.54, 1.807) is 0 Å². The van der Waals surface area contributed by atoms with Crippen LogP contribution in [0.4, 0.5) is 17.1 Å². The third-order valence-electron chi connectivity index (χ3n) is 6.81. The lowest BCUT2D eigenvalue weighted by molar-refractivity contribution is 0.669. The molecule has 0 saturated carbocycles. The molecule has 36 heavy (non-hydrogen) atoms. The molecule has 6 aromatic carbocycles. The van der Waals surface area contributed by atoms with Gasteiger partial charge in [-0.3, -0.25) is 0 Å². The van der Waals surface area contributed by atoms with Crippen LogP contribution in [0.2, 0.25) is 0 Å². The molecule has 0 saturated heterocycles. The van der Waals surface area contributed by atoms with E-state index in [0.717, 1.165) is 50.1 Å². The highest BCUT2D eigenvalue weighted by atomic mass is 16.3. The standard InChI is InChI=1S/C34H23NO/c1-4-12-24(13-5-1)33-30(35(27-16-6-2-7-17-27)28-18-8-3-9-19-28)20-21-31-34(33)29-22-25-14-10-11-15-26(25)23-32(29)36-31/h1-23H. The number of benzene rings is 6. The van der Waals surface area contributed by atoms with Crippen molar-refractivity contribution in [2.24, 2.45) is 0 Å². The van der Waals surface area contributed by atoms with Gasteiger partial charge in [-0.1, -0.05) is 91.0 Å². The molecular formula is C34H23NO. The Balaban J connectivity index is 1.62. The van der Waals surface area contributed by atoms with Gasteiger partial charge in [0.25, 0.3) is 0 Å². The number of hydrogen-bond donors (Lipinski definition) is 0. The second kappa shape index (κ2) is 8.44. The first-order valence-corrected chi connectivity index (χ1v) is 12.2. The third kappa shape index (κ3) is 3.35. The topological polar surface area (TPSA) is 16.4 Å². The molecular weight excluding hydrogens is 438 g/mol. The van der Waals surface area contributed by atoms with E-state index in [2.05, 4.69) is 144 Å². The summed E-state index contributed by atoms with van der Waals surface area (Å²) in [6.45, 7) is 0. The molecule has 0 atom stereocenters. The van der Waals surface area contributed by atoms with E-state index in [1.807, 2.05) is 0 Å². The van der Waals surface area contributed by atoms with Gasteiger partial charge in [0, 0.05) is 27.7 Å². The Bertz CT molecular complexity index is 1780. The minimum Gasteiger partial charge on any atom is -0.456 e. The monoisotopic (exact) mass is 461 g/mol.